The number of nitrogens with zero attached hydrogens (tertiary/aromatic N) is 5. The van der Waals surface area contributed by atoms with Crippen LogP contribution < -0.4 is 5.43 Å². The van der Waals surface area contributed by atoms with E-state index in [1.54, 1.807) is 48.5 Å². The van der Waals surface area contributed by atoms with Gasteiger partial charge in [-0.25, -0.2) is 0 Å². The Morgan fingerprint density at radius 1 is 0.828 bits per heavy atom. The lowest BCUT2D eigenvalue weighted by molar-refractivity contribution is -0.394. The normalized spacial score (nSPS) is 11.4. The van der Waals surface area contributed by atoms with E-state index in [2.05, 4.69) is 20.8 Å². The molecule has 0 aromatic heterocycles. The molecule has 0 saturated carbocycles. The molecule has 3 aromatic carbocycles. The van der Waals surface area contributed by atoms with Gasteiger partial charge >= 0.3 is 0 Å². The Morgan fingerprint density at radius 3 is 2.10 bits per heavy atom. The SMILES string of the molecule is O=[N+]([O-])c1ccc(C(N=Nc2ccccc2)=NNc2ccccc2)c([N+](=O)[O-])c1. The molecule has 3 aromatic rings. The summed E-state index contributed by atoms with van der Waals surface area (Å²) in [5.74, 6) is -0.0979. The van der Waals surface area contributed by atoms with E-state index < -0.39 is 21.2 Å². The highest BCUT2D eigenvalue weighted by Crippen LogP contribution is 2.26. The highest BCUT2D eigenvalue weighted by Gasteiger charge is 2.23. The predicted molar refractivity (Wildman–Crippen MR) is 107 cm³/mol. The number of nitrogens with one attached hydrogen (secondary N) is 1. The van der Waals surface area contributed by atoms with Gasteiger partial charge in [-0.3, -0.25) is 25.7 Å². The van der Waals surface area contributed by atoms with Gasteiger partial charge in [-0.15, -0.1) is 10.2 Å². The first kappa shape index (κ1) is 19.3. The van der Waals surface area contributed by atoms with Crippen LogP contribution in [0.3, 0.4) is 0 Å². The zero-order chi connectivity index (χ0) is 20.6. The van der Waals surface area contributed by atoms with Crippen LogP contribution in [-0.2, 0) is 0 Å². The summed E-state index contributed by atoms with van der Waals surface area (Å²) in [5, 5.41) is 34.7. The van der Waals surface area contributed by atoms with E-state index in [0.717, 1.165) is 12.1 Å². The molecule has 0 bridgehead atoms. The van der Waals surface area contributed by atoms with E-state index in [1.165, 1.54) is 6.07 Å². The molecule has 0 fully saturated rings. The van der Waals surface area contributed by atoms with Crippen molar-refractivity contribution in [2.75, 3.05) is 5.43 Å². The van der Waals surface area contributed by atoms with Crippen LogP contribution in [0.1, 0.15) is 5.56 Å². The van der Waals surface area contributed by atoms with Gasteiger partial charge in [-0.1, -0.05) is 36.4 Å². The van der Waals surface area contributed by atoms with E-state index in [4.69, 9.17) is 0 Å². The van der Waals surface area contributed by atoms with Crippen molar-refractivity contribution in [1.82, 2.24) is 0 Å². The Bertz CT molecular complexity index is 1080. The minimum Gasteiger partial charge on any atom is -0.276 e. The molecule has 3 rings (SSSR count). The van der Waals surface area contributed by atoms with E-state index in [1.807, 2.05) is 12.1 Å². The average molecular weight is 390 g/mol. The molecule has 0 aliphatic rings. The fraction of sp³-hybridized carbons (Fsp3) is 0. The van der Waals surface area contributed by atoms with Crippen molar-refractivity contribution < 1.29 is 9.85 Å². The van der Waals surface area contributed by atoms with Crippen LogP contribution in [0.15, 0.2) is 94.2 Å². The quantitative estimate of drug-likeness (QED) is 0.206. The maximum absolute atomic E-state index is 11.5. The summed E-state index contributed by atoms with van der Waals surface area (Å²) in [4.78, 5) is 21.0. The Hall–Kier alpha value is -4.47. The first-order chi connectivity index (χ1) is 14.0. The number of hydrogen-bond donors (Lipinski definition) is 1. The number of azo groups is 1. The second kappa shape index (κ2) is 8.95. The average Bonchev–Trinajstić information content (AvgIpc) is 2.75. The number of rotatable bonds is 6. The lowest BCUT2D eigenvalue weighted by Crippen LogP contribution is -2.06. The predicted octanol–water partition coefficient (Wildman–Crippen LogP) is 5.06. The van der Waals surface area contributed by atoms with Crippen molar-refractivity contribution in [2.24, 2.45) is 15.3 Å². The zero-order valence-corrected chi connectivity index (χ0v) is 14.9. The van der Waals surface area contributed by atoms with E-state index in [9.17, 15) is 20.2 Å². The molecule has 0 unspecified atom stereocenters. The maximum atomic E-state index is 11.5. The first-order valence-corrected chi connectivity index (χ1v) is 8.33. The van der Waals surface area contributed by atoms with Crippen molar-refractivity contribution in [2.45, 2.75) is 0 Å². The maximum Gasteiger partial charge on any atom is 0.287 e. The number of benzene rings is 3. The summed E-state index contributed by atoms with van der Waals surface area (Å²) in [7, 11) is 0. The number of para-hydroxylation sites is 1. The fourth-order valence-corrected chi connectivity index (χ4v) is 2.34. The minimum atomic E-state index is -0.724. The number of nitro benzene ring substituents is 2. The molecule has 0 radical (unpaired) electrons. The van der Waals surface area contributed by atoms with Gasteiger partial charge < -0.3 is 0 Å². The number of hydrogen-bond acceptors (Lipinski definition) is 7. The van der Waals surface area contributed by atoms with Gasteiger partial charge in [0, 0.05) is 6.07 Å². The van der Waals surface area contributed by atoms with Gasteiger partial charge in [0.2, 0.25) is 5.84 Å². The largest absolute Gasteiger partial charge is 0.287 e. The molecule has 144 valence electrons. The van der Waals surface area contributed by atoms with E-state index in [0.29, 0.717) is 11.4 Å². The van der Waals surface area contributed by atoms with Crippen LogP contribution in [0.25, 0.3) is 0 Å². The van der Waals surface area contributed by atoms with Crippen LogP contribution in [0.5, 0.6) is 0 Å². The van der Waals surface area contributed by atoms with Crippen molar-refractivity contribution in [1.29, 1.82) is 0 Å². The molecule has 0 heterocycles. The van der Waals surface area contributed by atoms with Crippen molar-refractivity contribution in [3.8, 4) is 0 Å². The van der Waals surface area contributed by atoms with Gasteiger partial charge in [-0.05, 0) is 30.3 Å². The molecule has 0 aliphatic carbocycles. The molecule has 10 nitrogen and oxygen atoms in total. The summed E-state index contributed by atoms with van der Waals surface area (Å²) in [6.45, 7) is 0. The molecule has 29 heavy (non-hydrogen) atoms. The number of amidine groups is 1. The van der Waals surface area contributed by atoms with Crippen molar-refractivity contribution in [3.63, 3.8) is 0 Å². The summed E-state index contributed by atoms with van der Waals surface area (Å²) in [6.07, 6.45) is 0. The third kappa shape index (κ3) is 5.04. The number of nitro groups is 2. The van der Waals surface area contributed by atoms with E-state index in [-0.39, 0.29) is 11.4 Å². The second-order valence-corrected chi connectivity index (χ2v) is 5.66. The van der Waals surface area contributed by atoms with Crippen LogP contribution in [0, 0.1) is 20.2 Å². The molecule has 0 aliphatic heterocycles. The van der Waals surface area contributed by atoms with Crippen LogP contribution in [0.2, 0.25) is 0 Å². The lowest BCUT2D eigenvalue weighted by Gasteiger charge is -2.04. The molecule has 0 spiro atoms. The van der Waals surface area contributed by atoms with Crippen LogP contribution in [0.4, 0.5) is 22.7 Å². The van der Waals surface area contributed by atoms with Gasteiger partial charge in [0.05, 0.1) is 27.3 Å². The van der Waals surface area contributed by atoms with Crippen molar-refractivity contribution in [3.05, 3.63) is 105 Å². The molecular formula is C19H14N6O4. The van der Waals surface area contributed by atoms with Crippen LogP contribution >= 0.6 is 0 Å². The number of non-ortho nitro benzene ring substituents is 1. The second-order valence-electron chi connectivity index (χ2n) is 5.66. The van der Waals surface area contributed by atoms with Crippen LogP contribution in [-0.4, -0.2) is 15.7 Å². The standard InChI is InChI=1S/C19H14N6O4/c26-24(27)16-11-12-17(18(13-16)25(28)29)19(22-20-14-7-3-1-4-8-14)23-21-15-9-5-2-6-10-15/h1-13,20H. The third-order valence-corrected chi connectivity index (χ3v) is 3.71. The van der Waals surface area contributed by atoms with Gasteiger partial charge in [0.25, 0.3) is 11.4 Å². The third-order valence-electron chi connectivity index (χ3n) is 3.71. The van der Waals surface area contributed by atoms with Gasteiger partial charge in [0.15, 0.2) is 0 Å². The summed E-state index contributed by atoms with van der Waals surface area (Å²) in [6, 6.07) is 20.9. The Morgan fingerprint density at radius 2 is 1.48 bits per heavy atom. The number of hydrazone groups is 1. The summed E-state index contributed by atoms with van der Waals surface area (Å²) in [5.41, 5.74) is 2.99. The first-order valence-electron chi connectivity index (χ1n) is 8.33. The smallest absolute Gasteiger partial charge is 0.276 e. The van der Waals surface area contributed by atoms with E-state index >= 15 is 0 Å². The number of anilines is 1. The molecule has 0 amide bonds. The fourth-order valence-electron chi connectivity index (χ4n) is 2.34. The van der Waals surface area contributed by atoms with Gasteiger partial charge in [-0.2, -0.15) is 5.10 Å². The Kier molecular flexibility index (Phi) is 5.96. The highest BCUT2D eigenvalue weighted by atomic mass is 16.6. The van der Waals surface area contributed by atoms with Crippen molar-refractivity contribution >= 4 is 28.6 Å². The lowest BCUT2D eigenvalue weighted by atomic mass is 10.1. The minimum absolute atomic E-state index is 0.0105. The van der Waals surface area contributed by atoms with Gasteiger partial charge in [0.1, 0.15) is 5.56 Å². The monoisotopic (exact) mass is 390 g/mol. The molecule has 10 heteroatoms. The summed E-state index contributed by atoms with van der Waals surface area (Å²) >= 11 is 0. The summed E-state index contributed by atoms with van der Waals surface area (Å²) < 4.78 is 0. The highest BCUT2D eigenvalue weighted by molar-refractivity contribution is 6.03. The Balaban J connectivity index is 2.05. The topological polar surface area (TPSA) is 135 Å². The molecular weight excluding hydrogens is 376 g/mol. The zero-order valence-electron chi connectivity index (χ0n) is 14.9. The molecule has 0 atom stereocenters. The Labute approximate surface area is 164 Å². The molecule has 1 N–H and O–H groups in total. The molecule has 0 saturated heterocycles.